The molecular weight excluding hydrogens is 197 g/mol. The van der Waals surface area contributed by atoms with E-state index in [4.69, 9.17) is 5.73 Å². The summed E-state index contributed by atoms with van der Waals surface area (Å²) in [4.78, 5) is 1.03. The highest BCUT2D eigenvalue weighted by atomic mass is 32.2. The van der Waals surface area contributed by atoms with Gasteiger partial charge in [-0.1, -0.05) is 12.2 Å². The topological polar surface area (TPSA) is 26.0 Å². The molecule has 0 amide bonds. The van der Waals surface area contributed by atoms with Gasteiger partial charge in [0.1, 0.15) is 5.82 Å². The normalized spacial score (nSPS) is 12.5. The number of halogens is 1. The highest BCUT2D eigenvalue weighted by Gasteiger charge is 2.03. The second kappa shape index (κ2) is 5.17. The Morgan fingerprint density at radius 1 is 1.50 bits per heavy atom. The summed E-state index contributed by atoms with van der Waals surface area (Å²) in [6.07, 6.45) is 0. The predicted octanol–water partition coefficient (Wildman–Crippen LogP) is 2.82. The van der Waals surface area contributed by atoms with Crippen LogP contribution in [-0.4, -0.2) is 11.8 Å². The molecule has 1 aromatic carbocycles. The molecular formula is C11H14FNS. The molecule has 0 fully saturated rings. The third kappa shape index (κ3) is 3.52. The molecule has 1 aromatic rings. The minimum absolute atomic E-state index is 0.00468. The van der Waals surface area contributed by atoms with Crippen molar-refractivity contribution < 1.29 is 4.39 Å². The summed E-state index contributed by atoms with van der Waals surface area (Å²) in [5.41, 5.74) is 6.77. The quantitative estimate of drug-likeness (QED) is 0.612. The first-order chi connectivity index (χ1) is 6.59. The van der Waals surface area contributed by atoms with Gasteiger partial charge in [0.25, 0.3) is 0 Å². The van der Waals surface area contributed by atoms with E-state index in [1.807, 2.05) is 6.92 Å². The van der Waals surface area contributed by atoms with Gasteiger partial charge in [-0.3, -0.25) is 0 Å². The average Bonchev–Trinajstić information content (AvgIpc) is 2.16. The molecule has 0 heterocycles. The van der Waals surface area contributed by atoms with Crippen LogP contribution in [0.3, 0.4) is 0 Å². The third-order valence-corrected chi connectivity index (χ3v) is 3.01. The van der Waals surface area contributed by atoms with Crippen molar-refractivity contribution >= 4 is 11.8 Å². The zero-order chi connectivity index (χ0) is 10.6. The minimum atomic E-state index is -0.210. The summed E-state index contributed by atoms with van der Waals surface area (Å²) in [6.45, 7) is 5.70. The summed E-state index contributed by atoms with van der Waals surface area (Å²) in [6, 6.07) is 6.42. The minimum Gasteiger partial charge on any atom is -0.324 e. The summed E-state index contributed by atoms with van der Waals surface area (Å²) in [7, 11) is 0. The highest BCUT2D eigenvalue weighted by Crippen LogP contribution is 2.19. The van der Waals surface area contributed by atoms with Crippen LogP contribution in [0.5, 0.6) is 0 Å². The van der Waals surface area contributed by atoms with E-state index in [9.17, 15) is 4.39 Å². The Balaban J connectivity index is 2.46. The lowest BCUT2D eigenvalue weighted by atomic mass is 10.2. The lowest BCUT2D eigenvalue weighted by molar-refractivity contribution is 0.626. The number of benzene rings is 1. The maximum Gasteiger partial charge on any atom is 0.123 e. The molecule has 0 aliphatic rings. The van der Waals surface area contributed by atoms with Gasteiger partial charge < -0.3 is 5.73 Å². The van der Waals surface area contributed by atoms with E-state index < -0.39 is 0 Å². The zero-order valence-corrected chi connectivity index (χ0v) is 8.98. The Kier molecular flexibility index (Phi) is 4.17. The Bertz CT molecular complexity index is 308. The van der Waals surface area contributed by atoms with E-state index >= 15 is 0 Å². The van der Waals surface area contributed by atoms with Crippen molar-refractivity contribution in [2.24, 2.45) is 5.73 Å². The number of thioether (sulfide) groups is 1. The first-order valence-corrected chi connectivity index (χ1v) is 5.37. The van der Waals surface area contributed by atoms with Crippen LogP contribution in [0.1, 0.15) is 6.92 Å². The second-order valence-electron chi connectivity index (χ2n) is 3.22. The fourth-order valence-corrected chi connectivity index (χ4v) is 1.84. The van der Waals surface area contributed by atoms with E-state index in [0.717, 1.165) is 16.2 Å². The number of hydrogen-bond acceptors (Lipinski definition) is 2. The summed E-state index contributed by atoms with van der Waals surface area (Å²) >= 11 is 1.61. The van der Waals surface area contributed by atoms with Gasteiger partial charge in [-0.25, -0.2) is 4.39 Å². The summed E-state index contributed by atoms with van der Waals surface area (Å²) < 4.78 is 12.6. The number of rotatable bonds is 4. The van der Waals surface area contributed by atoms with Gasteiger partial charge in [0, 0.05) is 16.7 Å². The SMILES string of the molecule is C=C(C)C(N)CSc1ccc(F)cc1. The van der Waals surface area contributed by atoms with Crippen LogP contribution in [0.2, 0.25) is 0 Å². The fraction of sp³-hybridized carbons (Fsp3) is 0.273. The van der Waals surface area contributed by atoms with Crippen molar-refractivity contribution in [3.8, 4) is 0 Å². The van der Waals surface area contributed by atoms with Gasteiger partial charge in [-0.2, -0.15) is 0 Å². The van der Waals surface area contributed by atoms with Crippen LogP contribution in [0.15, 0.2) is 41.3 Å². The van der Waals surface area contributed by atoms with Crippen molar-refractivity contribution in [1.82, 2.24) is 0 Å². The van der Waals surface area contributed by atoms with Crippen molar-refractivity contribution in [3.05, 3.63) is 42.2 Å². The molecule has 0 saturated carbocycles. The molecule has 1 atom stereocenters. The molecule has 2 N–H and O–H groups in total. The van der Waals surface area contributed by atoms with Gasteiger partial charge in [0.15, 0.2) is 0 Å². The Morgan fingerprint density at radius 3 is 2.57 bits per heavy atom. The van der Waals surface area contributed by atoms with Crippen LogP contribution in [0.4, 0.5) is 4.39 Å². The van der Waals surface area contributed by atoms with E-state index in [2.05, 4.69) is 6.58 Å². The molecule has 76 valence electrons. The molecule has 0 saturated heterocycles. The van der Waals surface area contributed by atoms with Gasteiger partial charge in [-0.15, -0.1) is 11.8 Å². The van der Waals surface area contributed by atoms with Crippen LogP contribution in [-0.2, 0) is 0 Å². The highest BCUT2D eigenvalue weighted by molar-refractivity contribution is 7.99. The lowest BCUT2D eigenvalue weighted by Crippen LogP contribution is -2.23. The Morgan fingerprint density at radius 2 is 2.07 bits per heavy atom. The van der Waals surface area contributed by atoms with E-state index in [1.165, 1.54) is 12.1 Å². The maximum atomic E-state index is 12.6. The predicted molar refractivity (Wildman–Crippen MR) is 59.9 cm³/mol. The molecule has 0 aliphatic heterocycles. The monoisotopic (exact) mass is 211 g/mol. The number of hydrogen-bond donors (Lipinski definition) is 1. The van der Waals surface area contributed by atoms with E-state index in [0.29, 0.717) is 0 Å². The Labute approximate surface area is 88.2 Å². The lowest BCUT2D eigenvalue weighted by Gasteiger charge is -2.10. The van der Waals surface area contributed by atoms with Crippen molar-refractivity contribution in [3.63, 3.8) is 0 Å². The molecule has 3 heteroatoms. The van der Waals surface area contributed by atoms with Crippen molar-refractivity contribution in [1.29, 1.82) is 0 Å². The molecule has 0 aliphatic carbocycles. The van der Waals surface area contributed by atoms with Crippen LogP contribution >= 0.6 is 11.8 Å². The van der Waals surface area contributed by atoms with Gasteiger partial charge in [-0.05, 0) is 31.2 Å². The molecule has 0 spiro atoms. The summed E-state index contributed by atoms with van der Waals surface area (Å²) in [5.74, 6) is 0.569. The molecule has 14 heavy (non-hydrogen) atoms. The largest absolute Gasteiger partial charge is 0.324 e. The second-order valence-corrected chi connectivity index (χ2v) is 4.31. The van der Waals surface area contributed by atoms with Crippen LogP contribution in [0.25, 0.3) is 0 Å². The van der Waals surface area contributed by atoms with Crippen molar-refractivity contribution in [2.45, 2.75) is 17.9 Å². The molecule has 0 aromatic heterocycles. The van der Waals surface area contributed by atoms with Crippen LogP contribution < -0.4 is 5.73 Å². The standard InChI is InChI=1S/C11H14FNS/c1-8(2)11(13)7-14-10-5-3-9(12)4-6-10/h3-6,11H,1,7,13H2,2H3. The van der Waals surface area contributed by atoms with Crippen molar-refractivity contribution in [2.75, 3.05) is 5.75 Å². The van der Waals surface area contributed by atoms with E-state index in [1.54, 1.807) is 23.9 Å². The Hall–Kier alpha value is -0.800. The molecule has 0 bridgehead atoms. The fourth-order valence-electron chi connectivity index (χ4n) is 0.859. The van der Waals surface area contributed by atoms with Gasteiger partial charge in [0.05, 0.1) is 0 Å². The third-order valence-electron chi connectivity index (χ3n) is 1.88. The van der Waals surface area contributed by atoms with Gasteiger partial charge >= 0.3 is 0 Å². The van der Waals surface area contributed by atoms with Crippen LogP contribution in [0, 0.1) is 5.82 Å². The molecule has 1 rings (SSSR count). The smallest absolute Gasteiger partial charge is 0.123 e. The van der Waals surface area contributed by atoms with Gasteiger partial charge in [0.2, 0.25) is 0 Å². The molecule has 1 nitrogen and oxygen atoms in total. The first-order valence-electron chi connectivity index (χ1n) is 4.39. The average molecular weight is 211 g/mol. The summed E-state index contributed by atoms with van der Waals surface area (Å²) in [5, 5.41) is 0. The first kappa shape index (κ1) is 11.3. The zero-order valence-electron chi connectivity index (χ0n) is 8.16. The maximum absolute atomic E-state index is 12.6. The number of nitrogens with two attached hydrogens (primary N) is 1. The van der Waals surface area contributed by atoms with E-state index in [-0.39, 0.29) is 11.9 Å². The molecule has 1 unspecified atom stereocenters. The molecule has 0 radical (unpaired) electrons.